The van der Waals surface area contributed by atoms with E-state index in [-0.39, 0.29) is 22.6 Å². The number of thiol groups is 2. The monoisotopic (exact) mass is 633 g/mol. The third-order valence-electron chi connectivity index (χ3n) is 6.27. The first kappa shape index (κ1) is 30.9. The molecule has 5 aromatic carbocycles. The summed E-state index contributed by atoms with van der Waals surface area (Å²) in [5.74, 6) is -2.39. The van der Waals surface area contributed by atoms with Crippen LogP contribution in [0.15, 0.2) is 135 Å². The van der Waals surface area contributed by atoms with Crippen molar-refractivity contribution >= 4 is 66.7 Å². The average Bonchev–Trinajstić information content (AvgIpc) is 3.04. The molecular formula is C34H23N3O6S2. The van der Waals surface area contributed by atoms with Crippen LogP contribution in [0.2, 0.25) is 0 Å². The molecule has 0 amide bonds. The van der Waals surface area contributed by atoms with Crippen LogP contribution < -0.4 is 9.47 Å². The SMILES string of the molecule is O=C(Oc1cccc(OC(=O)c2ccc(C=Nc3ccc(S)cc3)cc2)c1[N+](=O)[O-])c1ccc(C=Nc2ccc(S)cc2)cc1. The molecule has 222 valence electrons. The molecular weight excluding hydrogens is 611 g/mol. The molecule has 0 heterocycles. The van der Waals surface area contributed by atoms with E-state index in [0.29, 0.717) is 0 Å². The molecule has 0 saturated carbocycles. The Morgan fingerprint density at radius 2 is 0.978 bits per heavy atom. The first-order valence-corrected chi connectivity index (χ1v) is 14.2. The quantitative estimate of drug-likeness (QED) is 0.0423. The maximum Gasteiger partial charge on any atom is 0.353 e. The highest BCUT2D eigenvalue weighted by atomic mass is 32.1. The average molecular weight is 634 g/mol. The minimum Gasteiger partial charge on any atom is -0.415 e. The molecule has 0 unspecified atom stereocenters. The van der Waals surface area contributed by atoms with Crippen LogP contribution in [0.5, 0.6) is 11.5 Å². The number of nitro benzene ring substituents is 1. The largest absolute Gasteiger partial charge is 0.415 e. The molecule has 0 aliphatic carbocycles. The molecule has 0 fully saturated rings. The summed E-state index contributed by atoms with van der Waals surface area (Å²) in [6, 6.07) is 31.2. The summed E-state index contributed by atoms with van der Waals surface area (Å²) in [6.45, 7) is 0. The molecule has 0 spiro atoms. The third-order valence-corrected chi connectivity index (χ3v) is 6.86. The number of aliphatic imine (C=N–C) groups is 2. The zero-order chi connectivity index (χ0) is 31.8. The Morgan fingerprint density at radius 3 is 1.33 bits per heavy atom. The van der Waals surface area contributed by atoms with Crippen LogP contribution in [-0.4, -0.2) is 29.3 Å². The fourth-order valence-corrected chi connectivity index (χ4v) is 4.25. The Kier molecular flexibility index (Phi) is 9.83. The van der Waals surface area contributed by atoms with Gasteiger partial charge in [-0.15, -0.1) is 25.3 Å². The van der Waals surface area contributed by atoms with Gasteiger partial charge in [-0.05, 0) is 96.1 Å². The zero-order valence-electron chi connectivity index (χ0n) is 23.3. The number of nitro groups is 1. The summed E-state index contributed by atoms with van der Waals surface area (Å²) in [5.41, 5.74) is 2.59. The summed E-state index contributed by atoms with van der Waals surface area (Å²) in [6.07, 6.45) is 3.27. The van der Waals surface area contributed by atoms with E-state index in [1.54, 1.807) is 36.7 Å². The lowest BCUT2D eigenvalue weighted by molar-refractivity contribution is -0.386. The topological polar surface area (TPSA) is 120 Å². The molecule has 5 rings (SSSR count). The number of carbonyl (C=O) groups excluding carboxylic acids is 2. The number of hydrogen-bond acceptors (Lipinski definition) is 10. The van der Waals surface area contributed by atoms with Gasteiger partial charge in [-0.2, -0.15) is 0 Å². The fraction of sp³-hybridized carbons (Fsp3) is 0. The minimum absolute atomic E-state index is 0.158. The molecule has 0 radical (unpaired) electrons. The molecule has 0 aromatic heterocycles. The number of ether oxygens (including phenoxy) is 2. The van der Waals surface area contributed by atoms with Crippen molar-refractivity contribution in [2.45, 2.75) is 9.79 Å². The molecule has 45 heavy (non-hydrogen) atoms. The van der Waals surface area contributed by atoms with Gasteiger partial charge in [-0.1, -0.05) is 30.3 Å². The van der Waals surface area contributed by atoms with Gasteiger partial charge in [0.15, 0.2) is 0 Å². The van der Waals surface area contributed by atoms with E-state index >= 15 is 0 Å². The number of para-hydroxylation sites is 1. The second-order valence-electron chi connectivity index (χ2n) is 9.43. The van der Waals surface area contributed by atoms with Crippen LogP contribution in [-0.2, 0) is 0 Å². The van der Waals surface area contributed by atoms with E-state index < -0.39 is 22.5 Å². The van der Waals surface area contributed by atoms with Gasteiger partial charge in [-0.3, -0.25) is 20.1 Å². The summed E-state index contributed by atoms with van der Waals surface area (Å²) in [5, 5.41) is 12.0. The van der Waals surface area contributed by atoms with E-state index in [2.05, 4.69) is 35.2 Å². The number of carbonyl (C=O) groups is 2. The lowest BCUT2D eigenvalue weighted by Crippen LogP contribution is -2.12. The third kappa shape index (κ3) is 8.31. The molecule has 0 aliphatic rings. The number of benzene rings is 5. The second kappa shape index (κ2) is 14.3. The van der Waals surface area contributed by atoms with Crippen molar-refractivity contribution in [3.8, 4) is 11.5 Å². The molecule has 0 N–H and O–H groups in total. The van der Waals surface area contributed by atoms with Gasteiger partial charge in [0.2, 0.25) is 11.5 Å². The fourth-order valence-electron chi connectivity index (χ4n) is 3.95. The predicted octanol–water partition coefficient (Wildman–Crippen LogP) is 8.11. The second-order valence-corrected chi connectivity index (χ2v) is 10.5. The van der Waals surface area contributed by atoms with Crippen LogP contribution in [0.1, 0.15) is 31.8 Å². The highest BCUT2D eigenvalue weighted by molar-refractivity contribution is 7.80. The van der Waals surface area contributed by atoms with Crippen LogP contribution in [0.4, 0.5) is 17.1 Å². The first-order valence-electron chi connectivity index (χ1n) is 13.3. The Bertz CT molecular complexity index is 1780. The van der Waals surface area contributed by atoms with E-state index in [9.17, 15) is 19.7 Å². The normalized spacial score (nSPS) is 11.1. The lowest BCUT2D eigenvalue weighted by Gasteiger charge is -2.09. The predicted molar refractivity (Wildman–Crippen MR) is 178 cm³/mol. The maximum atomic E-state index is 12.8. The number of nitrogens with zero attached hydrogens (tertiary/aromatic N) is 3. The standard InChI is InChI=1S/C34H23N3O6S2/c38-33(24-8-4-22(5-9-24)20-35-26-12-16-28(44)17-13-26)42-30-2-1-3-31(32(30)37(40)41)43-34(39)25-10-6-23(7-11-25)21-36-27-14-18-29(45)19-15-27/h1-21,44-45H. The van der Waals surface area contributed by atoms with Gasteiger partial charge < -0.3 is 9.47 Å². The molecule has 11 heteroatoms. The Morgan fingerprint density at radius 1 is 0.600 bits per heavy atom. The Balaban J connectivity index is 1.26. The van der Waals surface area contributed by atoms with Crippen molar-refractivity contribution < 1.29 is 24.0 Å². The van der Waals surface area contributed by atoms with E-state index in [1.807, 2.05) is 48.5 Å². The van der Waals surface area contributed by atoms with Gasteiger partial charge in [0.25, 0.3) is 0 Å². The van der Waals surface area contributed by atoms with Gasteiger partial charge in [0.05, 0.1) is 27.4 Å². The summed E-state index contributed by atoms with van der Waals surface area (Å²) in [4.78, 5) is 47.3. The van der Waals surface area contributed by atoms with Gasteiger partial charge in [-0.25, -0.2) is 9.59 Å². The Hall–Kier alpha value is -5.52. The minimum atomic E-state index is -0.826. The molecule has 0 atom stereocenters. The molecule has 0 bridgehead atoms. The van der Waals surface area contributed by atoms with Gasteiger partial charge in [0.1, 0.15) is 0 Å². The first-order chi connectivity index (χ1) is 21.7. The zero-order valence-corrected chi connectivity index (χ0v) is 25.1. The molecule has 5 aromatic rings. The van der Waals surface area contributed by atoms with Crippen LogP contribution >= 0.6 is 25.3 Å². The van der Waals surface area contributed by atoms with Crippen molar-refractivity contribution in [3.63, 3.8) is 0 Å². The van der Waals surface area contributed by atoms with E-state index in [0.717, 1.165) is 32.3 Å². The molecule has 0 aliphatic heterocycles. The smallest absolute Gasteiger partial charge is 0.353 e. The van der Waals surface area contributed by atoms with Crippen molar-refractivity contribution in [1.29, 1.82) is 0 Å². The highest BCUT2D eigenvalue weighted by Gasteiger charge is 2.27. The van der Waals surface area contributed by atoms with Crippen molar-refractivity contribution in [2.24, 2.45) is 9.98 Å². The van der Waals surface area contributed by atoms with E-state index in [4.69, 9.17) is 9.47 Å². The summed E-state index contributed by atoms with van der Waals surface area (Å²) < 4.78 is 10.7. The van der Waals surface area contributed by atoms with Crippen LogP contribution in [0, 0.1) is 10.1 Å². The maximum absolute atomic E-state index is 12.8. The molecule has 0 saturated heterocycles. The number of rotatable bonds is 9. The summed E-state index contributed by atoms with van der Waals surface area (Å²) >= 11 is 8.50. The lowest BCUT2D eigenvalue weighted by atomic mass is 10.1. The highest BCUT2D eigenvalue weighted by Crippen LogP contribution is 2.37. The molecule has 9 nitrogen and oxygen atoms in total. The number of hydrogen-bond donors (Lipinski definition) is 2. The van der Waals surface area contributed by atoms with Gasteiger partial charge in [0, 0.05) is 22.2 Å². The van der Waals surface area contributed by atoms with Gasteiger partial charge >= 0.3 is 17.6 Å². The van der Waals surface area contributed by atoms with Crippen molar-refractivity contribution in [2.75, 3.05) is 0 Å². The summed E-state index contributed by atoms with van der Waals surface area (Å²) in [7, 11) is 0. The van der Waals surface area contributed by atoms with Crippen LogP contribution in [0.25, 0.3) is 0 Å². The van der Waals surface area contributed by atoms with E-state index in [1.165, 1.54) is 42.5 Å². The van der Waals surface area contributed by atoms with Crippen molar-refractivity contribution in [1.82, 2.24) is 0 Å². The number of esters is 2. The van der Waals surface area contributed by atoms with Crippen LogP contribution in [0.3, 0.4) is 0 Å². The Labute approximate surface area is 268 Å². The van der Waals surface area contributed by atoms with Crippen molar-refractivity contribution in [3.05, 3.63) is 148 Å².